The molecular weight excluding hydrogens is 188 g/mol. The predicted octanol–water partition coefficient (Wildman–Crippen LogP) is 2.09. The predicted molar refractivity (Wildman–Crippen MR) is 61.1 cm³/mol. The third-order valence-electron chi connectivity index (χ3n) is 3.02. The number of hydrogen-bond donors (Lipinski definition) is 0. The number of morpholine rings is 1. The Morgan fingerprint density at radius 2 is 2.40 bits per heavy atom. The van der Waals surface area contributed by atoms with Crippen molar-refractivity contribution < 1.29 is 4.74 Å². The van der Waals surface area contributed by atoms with Crippen molar-refractivity contribution in [3.8, 4) is 0 Å². The highest BCUT2D eigenvalue weighted by Crippen LogP contribution is 2.22. The molecule has 0 radical (unpaired) electrons. The number of hydrogen-bond acceptors (Lipinski definition) is 3. The van der Waals surface area contributed by atoms with E-state index in [1.54, 1.807) is 0 Å². The maximum Gasteiger partial charge on any atom is 0.128 e. The van der Waals surface area contributed by atoms with Gasteiger partial charge in [0.1, 0.15) is 5.82 Å². The van der Waals surface area contributed by atoms with E-state index in [1.165, 1.54) is 0 Å². The fourth-order valence-corrected chi connectivity index (χ4v) is 2.23. The zero-order chi connectivity index (χ0) is 10.7. The van der Waals surface area contributed by atoms with Crippen molar-refractivity contribution in [2.24, 2.45) is 0 Å². The molecule has 3 nitrogen and oxygen atoms in total. The second kappa shape index (κ2) is 4.62. The van der Waals surface area contributed by atoms with E-state index in [0.29, 0.717) is 12.1 Å². The molecule has 1 aliphatic heterocycles. The van der Waals surface area contributed by atoms with Crippen LogP contribution in [0.15, 0.2) is 24.4 Å². The van der Waals surface area contributed by atoms with Crippen LogP contribution in [0.5, 0.6) is 0 Å². The van der Waals surface area contributed by atoms with Crippen molar-refractivity contribution in [3.63, 3.8) is 0 Å². The van der Waals surface area contributed by atoms with Crippen LogP contribution in [0.4, 0.5) is 5.82 Å². The molecule has 0 spiro atoms. The van der Waals surface area contributed by atoms with Crippen molar-refractivity contribution in [1.82, 2.24) is 4.98 Å². The highest BCUT2D eigenvalue weighted by molar-refractivity contribution is 5.40. The van der Waals surface area contributed by atoms with Gasteiger partial charge in [-0.2, -0.15) is 0 Å². The Labute approximate surface area is 91.1 Å². The first-order chi connectivity index (χ1) is 7.33. The molecule has 0 saturated carbocycles. The number of anilines is 1. The lowest BCUT2D eigenvalue weighted by Crippen LogP contribution is -2.50. The molecule has 2 heterocycles. The van der Waals surface area contributed by atoms with Crippen molar-refractivity contribution in [1.29, 1.82) is 0 Å². The molecule has 2 atom stereocenters. The van der Waals surface area contributed by atoms with Crippen molar-refractivity contribution in [2.75, 3.05) is 18.1 Å². The Balaban J connectivity index is 2.19. The molecule has 1 fully saturated rings. The first-order valence-electron chi connectivity index (χ1n) is 5.62. The molecule has 0 aromatic carbocycles. The van der Waals surface area contributed by atoms with Crippen LogP contribution in [0.2, 0.25) is 0 Å². The zero-order valence-corrected chi connectivity index (χ0v) is 9.39. The summed E-state index contributed by atoms with van der Waals surface area (Å²) in [5, 5.41) is 0. The molecule has 0 aliphatic carbocycles. The molecule has 1 saturated heterocycles. The normalized spacial score (nSPS) is 26.7. The number of aromatic nitrogens is 1. The summed E-state index contributed by atoms with van der Waals surface area (Å²) in [7, 11) is 0. The molecule has 1 aliphatic rings. The highest BCUT2D eigenvalue weighted by atomic mass is 16.5. The summed E-state index contributed by atoms with van der Waals surface area (Å²) in [6.07, 6.45) is 3.24. The fourth-order valence-electron chi connectivity index (χ4n) is 2.23. The quantitative estimate of drug-likeness (QED) is 0.741. The molecule has 1 aromatic heterocycles. The van der Waals surface area contributed by atoms with Gasteiger partial charge in [-0.3, -0.25) is 0 Å². The molecule has 82 valence electrons. The number of pyridine rings is 1. The minimum atomic E-state index is 0.297. The fraction of sp³-hybridized carbons (Fsp3) is 0.583. The molecule has 0 N–H and O–H groups in total. The largest absolute Gasteiger partial charge is 0.375 e. The van der Waals surface area contributed by atoms with Crippen molar-refractivity contribution in [3.05, 3.63) is 24.4 Å². The maximum atomic E-state index is 5.66. The molecule has 15 heavy (non-hydrogen) atoms. The van der Waals surface area contributed by atoms with E-state index in [-0.39, 0.29) is 0 Å². The van der Waals surface area contributed by atoms with Gasteiger partial charge in [-0.1, -0.05) is 13.0 Å². The molecule has 2 unspecified atom stereocenters. The monoisotopic (exact) mass is 206 g/mol. The Hall–Kier alpha value is -1.09. The van der Waals surface area contributed by atoms with Crippen LogP contribution in [0.25, 0.3) is 0 Å². The smallest absolute Gasteiger partial charge is 0.128 e. The molecule has 3 heteroatoms. The first-order valence-corrected chi connectivity index (χ1v) is 5.62. The van der Waals surface area contributed by atoms with E-state index in [2.05, 4.69) is 29.8 Å². The van der Waals surface area contributed by atoms with Crippen LogP contribution < -0.4 is 4.90 Å². The van der Waals surface area contributed by atoms with E-state index >= 15 is 0 Å². The standard InChI is InChI=1S/C12H18N2O/c1-3-11-10(2)15-9-8-14(11)12-6-4-5-7-13-12/h4-7,10-11H,3,8-9H2,1-2H3. The number of nitrogens with zero attached hydrogens (tertiary/aromatic N) is 2. The second-order valence-corrected chi connectivity index (χ2v) is 3.93. The lowest BCUT2D eigenvalue weighted by atomic mass is 10.1. The van der Waals surface area contributed by atoms with E-state index in [0.717, 1.165) is 25.4 Å². The van der Waals surface area contributed by atoms with Crippen LogP contribution in [0.3, 0.4) is 0 Å². The minimum absolute atomic E-state index is 0.297. The van der Waals surface area contributed by atoms with Crippen LogP contribution in [-0.2, 0) is 4.74 Å². The van der Waals surface area contributed by atoms with Gasteiger partial charge >= 0.3 is 0 Å². The van der Waals surface area contributed by atoms with E-state index in [1.807, 2.05) is 18.3 Å². The second-order valence-electron chi connectivity index (χ2n) is 3.93. The van der Waals surface area contributed by atoms with Gasteiger partial charge < -0.3 is 9.64 Å². The summed E-state index contributed by atoms with van der Waals surface area (Å²) in [4.78, 5) is 6.76. The van der Waals surface area contributed by atoms with Crippen molar-refractivity contribution >= 4 is 5.82 Å². The third kappa shape index (κ3) is 2.12. The molecular formula is C12H18N2O. The molecule has 0 bridgehead atoms. The number of ether oxygens (including phenoxy) is 1. The van der Waals surface area contributed by atoms with Gasteiger partial charge in [-0.05, 0) is 25.5 Å². The summed E-state index contributed by atoms with van der Waals surface area (Å²) < 4.78 is 5.66. The SMILES string of the molecule is CCC1C(C)OCCN1c1ccccn1. The third-order valence-corrected chi connectivity index (χ3v) is 3.02. The first kappa shape index (κ1) is 10.4. The Morgan fingerprint density at radius 1 is 1.53 bits per heavy atom. The summed E-state index contributed by atoms with van der Waals surface area (Å²) in [6.45, 7) is 6.09. The van der Waals surface area contributed by atoms with Gasteiger partial charge in [0.15, 0.2) is 0 Å². The minimum Gasteiger partial charge on any atom is -0.375 e. The van der Waals surface area contributed by atoms with Crippen molar-refractivity contribution in [2.45, 2.75) is 32.4 Å². The Bertz CT molecular complexity index is 302. The summed E-state index contributed by atoms with van der Waals surface area (Å²) in [5.74, 6) is 1.07. The Morgan fingerprint density at radius 3 is 3.07 bits per heavy atom. The van der Waals surface area contributed by atoms with Crippen LogP contribution in [-0.4, -0.2) is 30.3 Å². The average Bonchev–Trinajstić information content (AvgIpc) is 2.30. The van der Waals surface area contributed by atoms with E-state index in [4.69, 9.17) is 4.74 Å². The maximum absolute atomic E-state index is 5.66. The zero-order valence-electron chi connectivity index (χ0n) is 9.39. The van der Waals surface area contributed by atoms with Gasteiger partial charge in [0, 0.05) is 12.7 Å². The lowest BCUT2D eigenvalue weighted by Gasteiger charge is -2.40. The van der Waals surface area contributed by atoms with Crippen LogP contribution in [0.1, 0.15) is 20.3 Å². The van der Waals surface area contributed by atoms with Gasteiger partial charge in [-0.25, -0.2) is 4.98 Å². The molecule has 1 aromatic rings. The van der Waals surface area contributed by atoms with Crippen LogP contribution in [0, 0.1) is 0 Å². The van der Waals surface area contributed by atoms with Crippen LogP contribution >= 0.6 is 0 Å². The van der Waals surface area contributed by atoms with Gasteiger partial charge in [-0.15, -0.1) is 0 Å². The molecule has 2 rings (SSSR count). The topological polar surface area (TPSA) is 25.4 Å². The lowest BCUT2D eigenvalue weighted by molar-refractivity contribution is 0.0224. The summed E-state index contributed by atoms with van der Waals surface area (Å²) >= 11 is 0. The summed E-state index contributed by atoms with van der Waals surface area (Å²) in [5.41, 5.74) is 0. The highest BCUT2D eigenvalue weighted by Gasteiger charge is 2.28. The van der Waals surface area contributed by atoms with Gasteiger partial charge in [0.2, 0.25) is 0 Å². The summed E-state index contributed by atoms with van der Waals surface area (Å²) in [6, 6.07) is 6.51. The Kier molecular flexibility index (Phi) is 3.21. The van der Waals surface area contributed by atoms with Gasteiger partial charge in [0.25, 0.3) is 0 Å². The molecule has 0 amide bonds. The van der Waals surface area contributed by atoms with Gasteiger partial charge in [0.05, 0.1) is 18.8 Å². The van der Waals surface area contributed by atoms with E-state index < -0.39 is 0 Å². The van der Waals surface area contributed by atoms with E-state index in [9.17, 15) is 0 Å². The number of rotatable bonds is 2. The average molecular weight is 206 g/mol.